The molecule has 0 spiro atoms. The lowest BCUT2D eigenvalue weighted by Crippen LogP contribution is -1.87. The lowest BCUT2D eigenvalue weighted by atomic mass is 10.2. The highest BCUT2D eigenvalue weighted by Crippen LogP contribution is 2.30. The van der Waals surface area contributed by atoms with Gasteiger partial charge >= 0.3 is 0 Å². The van der Waals surface area contributed by atoms with Crippen LogP contribution in [-0.2, 0) is 0 Å². The lowest BCUT2D eigenvalue weighted by molar-refractivity contribution is 0.602. The predicted molar refractivity (Wildman–Crippen MR) is 76.5 cm³/mol. The van der Waals surface area contributed by atoms with Gasteiger partial charge in [0, 0.05) is 21.8 Å². The van der Waals surface area contributed by atoms with Gasteiger partial charge in [-0.05, 0) is 40.2 Å². The number of oxazole rings is 1. The van der Waals surface area contributed by atoms with Crippen LogP contribution in [0.25, 0.3) is 22.6 Å². The van der Waals surface area contributed by atoms with Crippen molar-refractivity contribution in [1.82, 2.24) is 4.98 Å². The molecule has 2 aromatic carbocycles. The summed E-state index contributed by atoms with van der Waals surface area (Å²) in [5.41, 5.74) is 7.94. The van der Waals surface area contributed by atoms with E-state index in [1.807, 2.05) is 6.07 Å². The fraction of sp³-hybridized carbons (Fsp3) is 0. The second kappa shape index (κ2) is 4.51. The van der Waals surface area contributed by atoms with Crippen molar-refractivity contribution in [2.24, 2.45) is 0 Å². The summed E-state index contributed by atoms with van der Waals surface area (Å²) >= 11 is 9.02. The Morgan fingerprint density at radius 3 is 2.79 bits per heavy atom. The fourth-order valence-electron chi connectivity index (χ4n) is 1.72. The second-order valence-corrected chi connectivity index (χ2v) is 5.25. The molecule has 96 valence electrons. The molecule has 0 saturated carbocycles. The molecule has 0 aliphatic carbocycles. The molecule has 0 aliphatic rings. The summed E-state index contributed by atoms with van der Waals surface area (Å²) in [6, 6.07) is 7.99. The van der Waals surface area contributed by atoms with Crippen LogP contribution in [0.3, 0.4) is 0 Å². The summed E-state index contributed by atoms with van der Waals surface area (Å²) in [4.78, 5) is 4.27. The molecule has 0 bridgehead atoms. The minimum absolute atomic E-state index is 0.0164. The Labute approximate surface area is 121 Å². The number of anilines is 1. The van der Waals surface area contributed by atoms with E-state index in [0.29, 0.717) is 28.2 Å². The quantitative estimate of drug-likeness (QED) is 0.656. The smallest absolute Gasteiger partial charge is 0.227 e. The summed E-state index contributed by atoms with van der Waals surface area (Å²) < 4.78 is 19.6. The van der Waals surface area contributed by atoms with E-state index >= 15 is 0 Å². The van der Waals surface area contributed by atoms with Crippen LogP contribution in [0.2, 0.25) is 5.02 Å². The Morgan fingerprint density at radius 2 is 2.05 bits per heavy atom. The van der Waals surface area contributed by atoms with Crippen molar-refractivity contribution < 1.29 is 8.81 Å². The highest BCUT2D eigenvalue weighted by molar-refractivity contribution is 9.10. The van der Waals surface area contributed by atoms with E-state index in [-0.39, 0.29) is 5.02 Å². The van der Waals surface area contributed by atoms with Crippen molar-refractivity contribution in [1.29, 1.82) is 0 Å². The Kier molecular flexibility index (Phi) is 2.95. The van der Waals surface area contributed by atoms with Gasteiger partial charge in [-0.25, -0.2) is 9.37 Å². The Hall–Kier alpha value is -1.59. The van der Waals surface area contributed by atoms with Crippen molar-refractivity contribution in [3.05, 3.63) is 45.6 Å². The molecule has 0 fully saturated rings. The van der Waals surface area contributed by atoms with Gasteiger partial charge in [-0.3, -0.25) is 0 Å². The molecule has 3 nitrogen and oxygen atoms in total. The minimum atomic E-state index is -0.535. The molecule has 0 saturated heterocycles. The zero-order valence-corrected chi connectivity index (χ0v) is 11.8. The topological polar surface area (TPSA) is 52.0 Å². The number of halogens is 3. The van der Waals surface area contributed by atoms with E-state index in [0.717, 1.165) is 4.47 Å². The van der Waals surface area contributed by atoms with Gasteiger partial charge in [0.15, 0.2) is 5.58 Å². The molecule has 19 heavy (non-hydrogen) atoms. The van der Waals surface area contributed by atoms with Crippen molar-refractivity contribution >= 4 is 44.3 Å². The molecule has 6 heteroatoms. The Balaban J connectivity index is 2.17. The molecule has 0 unspecified atom stereocenters. The maximum Gasteiger partial charge on any atom is 0.227 e. The number of aromatic nitrogens is 1. The molecule has 1 heterocycles. The van der Waals surface area contributed by atoms with Crippen molar-refractivity contribution in [3.8, 4) is 11.5 Å². The first-order valence-electron chi connectivity index (χ1n) is 5.35. The first-order chi connectivity index (χ1) is 9.04. The molecule has 2 N–H and O–H groups in total. The third-order valence-corrected chi connectivity index (χ3v) is 3.69. The number of rotatable bonds is 1. The van der Waals surface area contributed by atoms with Gasteiger partial charge in [0.2, 0.25) is 5.89 Å². The van der Waals surface area contributed by atoms with Gasteiger partial charge in [0.05, 0.1) is 5.02 Å². The number of hydrogen-bond donors (Lipinski definition) is 1. The molecule has 0 radical (unpaired) electrons. The number of nitrogens with zero attached hydrogens (tertiary/aromatic N) is 1. The molecule has 3 aromatic rings. The zero-order chi connectivity index (χ0) is 13.6. The Bertz CT molecular complexity index is 749. The minimum Gasteiger partial charge on any atom is -0.436 e. The molecule has 0 aliphatic heterocycles. The maximum atomic E-state index is 13.3. The van der Waals surface area contributed by atoms with Crippen LogP contribution in [0.4, 0.5) is 10.1 Å². The van der Waals surface area contributed by atoms with E-state index < -0.39 is 5.82 Å². The number of benzene rings is 2. The van der Waals surface area contributed by atoms with Crippen LogP contribution in [-0.4, -0.2) is 4.98 Å². The van der Waals surface area contributed by atoms with Gasteiger partial charge in [-0.15, -0.1) is 0 Å². The van der Waals surface area contributed by atoms with Gasteiger partial charge in [0.1, 0.15) is 11.3 Å². The Morgan fingerprint density at radius 1 is 1.26 bits per heavy atom. The van der Waals surface area contributed by atoms with Crippen LogP contribution in [0, 0.1) is 5.82 Å². The number of nitrogen functional groups attached to an aromatic ring is 1. The second-order valence-electron chi connectivity index (χ2n) is 3.99. The third-order valence-electron chi connectivity index (χ3n) is 2.67. The van der Waals surface area contributed by atoms with E-state index in [4.69, 9.17) is 21.8 Å². The van der Waals surface area contributed by atoms with E-state index in [2.05, 4.69) is 20.9 Å². The van der Waals surface area contributed by atoms with Crippen molar-refractivity contribution in [2.75, 3.05) is 5.73 Å². The molecule has 1 aromatic heterocycles. The van der Waals surface area contributed by atoms with Crippen LogP contribution < -0.4 is 5.73 Å². The predicted octanol–water partition coefficient (Wildman–Crippen LogP) is 4.63. The molecule has 0 amide bonds. The SMILES string of the molecule is Nc1cc(-c2nc3cc(Cl)c(F)cc3o2)ccc1Br. The largest absolute Gasteiger partial charge is 0.436 e. The van der Waals surface area contributed by atoms with Gasteiger partial charge in [0.25, 0.3) is 0 Å². The zero-order valence-electron chi connectivity index (χ0n) is 9.45. The summed E-state index contributed by atoms with van der Waals surface area (Å²) in [5.74, 6) is -0.164. The third kappa shape index (κ3) is 2.19. The highest BCUT2D eigenvalue weighted by atomic mass is 79.9. The number of fused-ring (bicyclic) bond motifs is 1. The fourth-order valence-corrected chi connectivity index (χ4v) is 2.13. The van der Waals surface area contributed by atoms with Crippen molar-refractivity contribution in [2.45, 2.75) is 0 Å². The van der Waals surface area contributed by atoms with E-state index in [1.54, 1.807) is 12.1 Å². The van der Waals surface area contributed by atoms with Gasteiger partial charge in [-0.2, -0.15) is 0 Å². The molecule has 3 rings (SSSR count). The molecular weight excluding hydrogens is 335 g/mol. The summed E-state index contributed by atoms with van der Waals surface area (Å²) in [7, 11) is 0. The normalized spacial score (nSPS) is 11.1. The van der Waals surface area contributed by atoms with Crippen LogP contribution in [0.15, 0.2) is 39.2 Å². The lowest BCUT2D eigenvalue weighted by Gasteiger charge is -1.99. The highest BCUT2D eigenvalue weighted by Gasteiger charge is 2.12. The average molecular weight is 342 g/mol. The standard InChI is InChI=1S/C13H7BrClFN2O/c14-7-2-1-6(3-10(7)17)13-18-11-4-8(15)9(16)5-12(11)19-13/h1-5H,17H2. The van der Waals surface area contributed by atoms with Crippen molar-refractivity contribution in [3.63, 3.8) is 0 Å². The summed E-state index contributed by atoms with van der Waals surface area (Å²) in [6.45, 7) is 0. The van der Waals surface area contributed by atoms with Crippen LogP contribution in [0.5, 0.6) is 0 Å². The van der Waals surface area contributed by atoms with E-state index in [9.17, 15) is 4.39 Å². The van der Waals surface area contributed by atoms with Crippen LogP contribution >= 0.6 is 27.5 Å². The number of nitrogens with two attached hydrogens (primary N) is 1. The van der Waals surface area contributed by atoms with Gasteiger partial charge < -0.3 is 10.2 Å². The van der Waals surface area contributed by atoms with E-state index in [1.165, 1.54) is 12.1 Å². The first-order valence-corrected chi connectivity index (χ1v) is 6.52. The molecule has 0 atom stereocenters. The van der Waals surface area contributed by atoms with Crippen LogP contribution in [0.1, 0.15) is 0 Å². The summed E-state index contributed by atoms with van der Waals surface area (Å²) in [5, 5.41) is 0.0164. The molecular formula is C13H7BrClFN2O. The monoisotopic (exact) mass is 340 g/mol. The van der Waals surface area contributed by atoms with Gasteiger partial charge in [-0.1, -0.05) is 11.6 Å². The first kappa shape index (κ1) is 12.4. The number of hydrogen-bond acceptors (Lipinski definition) is 3. The maximum absolute atomic E-state index is 13.3. The average Bonchev–Trinajstić information content (AvgIpc) is 2.76. The summed E-state index contributed by atoms with van der Waals surface area (Å²) in [6.07, 6.45) is 0.